The first-order chi connectivity index (χ1) is 53.4. The van der Waals surface area contributed by atoms with Gasteiger partial charge in [0.1, 0.15) is 69.1 Å². The summed E-state index contributed by atoms with van der Waals surface area (Å²) >= 11 is 0. The Morgan fingerprint density at radius 2 is 0.690 bits per heavy atom. The quantitative estimate of drug-likeness (QED) is 0.0250. The number of nitriles is 1. The first kappa shape index (κ1) is 89.5. The highest BCUT2D eigenvalue weighted by Crippen LogP contribution is 2.25. The highest BCUT2D eigenvalue weighted by molar-refractivity contribution is 6.00. The number of anilines is 6. The molecule has 0 aliphatic carbocycles. The van der Waals surface area contributed by atoms with Crippen LogP contribution in [-0.2, 0) is 25.7 Å². The minimum Gasteiger partial charge on any atom is -0.369 e. The molecule has 0 saturated carbocycles. The number of hydrogen-bond acceptors (Lipinski definition) is 21. The number of aryl methyl sites for hydroxylation is 5. The van der Waals surface area contributed by atoms with Gasteiger partial charge in [-0.1, -0.05) is 167 Å². The van der Waals surface area contributed by atoms with Crippen LogP contribution >= 0.6 is 0 Å². The van der Waals surface area contributed by atoms with E-state index in [2.05, 4.69) is 304 Å². The maximum Gasteiger partial charge on any atom is 0.256 e. The van der Waals surface area contributed by atoms with Gasteiger partial charge >= 0.3 is 0 Å². The van der Waals surface area contributed by atoms with Gasteiger partial charge in [0.25, 0.3) is 23.6 Å². The second-order valence-corrected chi connectivity index (χ2v) is 34.2. The lowest BCUT2D eigenvalue weighted by molar-refractivity contribution is 0.0945. The summed E-state index contributed by atoms with van der Waals surface area (Å²) < 4.78 is 0. The molecule has 2 fully saturated rings. The van der Waals surface area contributed by atoms with Crippen LogP contribution in [0.4, 0.5) is 34.6 Å². The van der Waals surface area contributed by atoms with E-state index in [9.17, 15) is 19.2 Å². The number of likely N-dealkylation sites (N-methyl/N-ethyl adjacent to an activating group) is 2. The van der Waals surface area contributed by atoms with Gasteiger partial charge in [-0.15, -0.1) is 0 Å². The molecule has 8 N–H and O–H groups in total. The van der Waals surface area contributed by atoms with Gasteiger partial charge in [-0.05, 0) is 143 Å². The van der Waals surface area contributed by atoms with Crippen LogP contribution in [0.15, 0.2) is 122 Å². The van der Waals surface area contributed by atoms with Crippen molar-refractivity contribution in [3.05, 3.63) is 201 Å². The molecule has 4 aromatic heterocycles. The molecule has 606 valence electrons. The SMILES string of the molecule is CC(C)(C)CNc1nc(C#N)ncc1C(=O)NCCc1cccc(N2CCN([11CH3])CC2)c1.Cc1ccc(CCNC(=O)c2cnc(C)nc2NCC(C)(C)C)cc1.Cc1cccc(CCNC(=O)c2cnc(C)nc2NCC(C)(C)C)c1.Cc1ncc(C(=O)NCCc2ccc(N3CCN([11CH3])CC3)cc2)c(NCC(C)(C)C)n1. The highest BCUT2D eigenvalue weighted by atomic mass is 16.2. The van der Waals surface area contributed by atoms with Crippen LogP contribution in [0.5, 0.6) is 0 Å². The van der Waals surface area contributed by atoms with Crippen molar-refractivity contribution in [2.45, 2.75) is 143 Å². The third kappa shape index (κ3) is 32.5. The van der Waals surface area contributed by atoms with Crippen LogP contribution in [0.3, 0.4) is 0 Å². The van der Waals surface area contributed by atoms with Gasteiger partial charge in [-0.2, -0.15) is 5.26 Å². The van der Waals surface area contributed by atoms with Crippen LogP contribution < -0.4 is 52.3 Å². The third-order valence-corrected chi connectivity index (χ3v) is 18.3. The van der Waals surface area contributed by atoms with Crippen LogP contribution in [0.2, 0.25) is 0 Å². The number of benzene rings is 4. The first-order valence-electron chi connectivity index (χ1n) is 39.5. The van der Waals surface area contributed by atoms with Gasteiger partial charge in [0.2, 0.25) is 5.82 Å². The summed E-state index contributed by atoms with van der Waals surface area (Å²) in [6, 6.07) is 35.8. The summed E-state index contributed by atoms with van der Waals surface area (Å²) in [7, 11) is 4.32. The minimum atomic E-state index is -0.249. The standard InChI is InChI=1S/C24H33N7O.C24H36N6O.2C20H28N4O/c1-24(2,3)17-28-22-20(16-27-21(15-25)29-22)23(32)26-9-8-18-6-5-7-19(14-18)31-12-10-30(4)11-13-31;1-18-26-16-21(22(28-18)27-17-24(2,3)4)23(31)25-11-10-19-6-8-20(9-7-19)30-14-12-29(5)13-15-30;1-14-6-8-16(9-7-14)10-11-21-19(25)17-12-22-15(2)24-18(17)23-13-20(3,4)5;1-14-7-6-8-16(11-14)9-10-21-19(25)17-12-22-15(2)24-18(17)23-13-20(3,4)5/h5-7,14,16H,8-13,17H2,1-4H3,(H,26,32)(H,27,28,29);6-9,16H,10-15,17H2,1-5H3,(H,25,31)(H,26,27,28);6-9,12H,10-11,13H2,1-5H3,(H,21,25)(H,22,23,24);6-8,11-12H,9-10,13H2,1-5H3,(H,21,25)(H,22,23,24)/i4-1;5-1;;. The minimum absolute atomic E-state index is 0.000289. The zero-order valence-corrected chi connectivity index (χ0v) is 70.6. The van der Waals surface area contributed by atoms with Gasteiger partial charge in [-0.25, -0.2) is 39.9 Å². The molecule has 6 heterocycles. The predicted octanol–water partition coefficient (Wildman–Crippen LogP) is 12.5. The van der Waals surface area contributed by atoms with Gasteiger partial charge < -0.3 is 62.1 Å². The molecule has 2 aliphatic heterocycles. The van der Waals surface area contributed by atoms with Crippen LogP contribution in [0.1, 0.15) is 181 Å². The zero-order valence-electron chi connectivity index (χ0n) is 70.6. The van der Waals surface area contributed by atoms with Gasteiger partial charge in [-0.3, -0.25) is 19.2 Å². The number of amides is 4. The molecule has 0 bridgehead atoms. The molecular formula is C88H125N21O4. The van der Waals surface area contributed by atoms with E-state index in [4.69, 9.17) is 5.26 Å². The second-order valence-electron chi connectivity index (χ2n) is 34.2. The van der Waals surface area contributed by atoms with E-state index < -0.39 is 0 Å². The van der Waals surface area contributed by atoms with E-state index in [1.807, 2.05) is 32.9 Å². The van der Waals surface area contributed by atoms with Crippen LogP contribution in [0, 0.1) is 67.6 Å². The maximum atomic E-state index is 12.8. The lowest BCUT2D eigenvalue weighted by Gasteiger charge is -2.34. The number of carbonyl (C=O) groups excluding carboxylic acids is 4. The normalized spacial score (nSPS) is 13.3. The Morgan fingerprint density at radius 3 is 1.04 bits per heavy atom. The average Bonchev–Trinajstić information content (AvgIpc) is 0.880. The summed E-state index contributed by atoms with van der Waals surface area (Å²) in [5, 5.41) is 34.1. The predicted molar refractivity (Wildman–Crippen MR) is 458 cm³/mol. The Hall–Kier alpha value is -10.7. The molecule has 25 heteroatoms. The Balaban J connectivity index is 0.000000210. The van der Waals surface area contributed by atoms with Gasteiger partial charge in [0, 0.05) is 141 Å². The van der Waals surface area contributed by atoms with Crippen LogP contribution in [0.25, 0.3) is 0 Å². The van der Waals surface area contributed by atoms with Crippen molar-refractivity contribution < 1.29 is 19.2 Å². The first-order valence-corrected chi connectivity index (χ1v) is 39.5. The fourth-order valence-corrected chi connectivity index (χ4v) is 11.6. The van der Waals surface area contributed by atoms with Crippen molar-refractivity contribution >= 4 is 58.3 Å². The third-order valence-electron chi connectivity index (χ3n) is 18.3. The average molecular weight is 1540 g/mol. The molecule has 10 rings (SSSR count). The number of rotatable bonds is 26. The largest absolute Gasteiger partial charge is 0.369 e. The smallest absolute Gasteiger partial charge is 0.256 e. The molecule has 2 aliphatic rings. The van der Waals surface area contributed by atoms with E-state index in [0.717, 1.165) is 97.7 Å². The summed E-state index contributed by atoms with van der Waals surface area (Å²) in [4.78, 5) is 94.0. The fourth-order valence-electron chi connectivity index (χ4n) is 11.6. The molecule has 113 heavy (non-hydrogen) atoms. The summed E-state index contributed by atoms with van der Waals surface area (Å²) in [6.45, 7) is 48.6. The highest BCUT2D eigenvalue weighted by Gasteiger charge is 2.24. The maximum absolute atomic E-state index is 12.8. The lowest BCUT2D eigenvalue weighted by atomic mass is 9.97. The fraction of sp³-hybridized carbons (Fsp3) is 0.489. The molecule has 25 nitrogen and oxygen atoms in total. The molecule has 0 unspecified atom stereocenters. The molecular weight excluding hydrogens is 1410 g/mol. The van der Waals surface area contributed by atoms with Crippen molar-refractivity contribution in [3.8, 4) is 6.07 Å². The van der Waals surface area contributed by atoms with E-state index >= 15 is 0 Å². The number of piperazine rings is 2. The molecule has 8 aromatic rings. The van der Waals surface area contributed by atoms with Gasteiger partial charge in [0.05, 0.1) is 0 Å². The van der Waals surface area contributed by atoms with Gasteiger partial charge in [0.15, 0.2) is 0 Å². The molecule has 0 atom stereocenters. The number of nitrogens with one attached hydrogen (secondary N) is 8. The van der Waals surface area contributed by atoms with Crippen molar-refractivity contribution in [1.82, 2.24) is 70.9 Å². The summed E-state index contributed by atoms with van der Waals surface area (Å²) in [5.74, 6) is 3.45. The van der Waals surface area contributed by atoms with E-state index in [1.54, 1.807) is 18.6 Å². The Bertz CT molecular complexity index is 4400. The zero-order chi connectivity index (χ0) is 82.5. The monoisotopic (exact) mass is 1540 g/mol. The topological polar surface area (TPSA) is 304 Å². The number of carbonyl (C=O) groups is 4. The summed E-state index contributed by atoms with van der Waals surface area (Å²) in [6.07, 6.45) is 9.31. The van der Waals surface area contributed by atoms with Crippen molar-refractivity contribution in [2.75, 3.05) is 150 Å². The Morgan fingerprint density at radius 1 is 0.372 bits per heavy atom. The Labute approximate surface area is 672 Å². The van der Waals surface area contributed by atoms with E-state index in [1.165, 1.54) is 51.0 Å². The second kappa shape index (κ2) is 42.8. The number of aromatic nitrogens is 8. The van der Waals surface area contributed by atoms with Crippen molar-refractivity contribution in [2.24, 2.45) is 21.7 Å². The Kier molecular flexibility index (Phi) is 33.9. The van der Waals surface area contributed by atoms with E-state index in [0.29, 0.717) is 95.7 Å². The number of hydrogen-bond donors (Lipinski definition) is 8. The van der Waals surface area contributed by atoms with Crippen LogP contribution in [-0.4, -0.2) is 192 Å². The van der Waals surface area contributed by atoms with E-state index in [-0.39, 0.29) is 51.1 Å². The molecule has 2 saturated heterocycles. The van der Waals surface area contributed by atoms with Crippen molar-refractivity contribution in [1.29, 1.82) is 5.26 Å². The molecule has 0 spiro atoms. The van der Waals surface area contributed by atoms with Crippen molar-refractivity contribution in [3.63, 3.8) is 0 Å². The lowest BCUT2D eigenvalue weighted by Crippen LogP contribution is -2.44. The molecule has 0 radical (unpaired) electrons. The number of nitrogens with zero attached hydrogens (tertiary/aromatic N) is 13. The molecule has 4 amide bonds. The summed E-state index contributed by atoms with van der Waals surface area (Å²) in [5.41, 5.74) is 11.9. The molecule has 4 aromatic carbocycles.